The highest BCUT2D eigenvalue weighted by Crippen LogP contribution is 2.34. The molecular weight excluding hydrogens is 373 g/mol. The Morgan fingerprint density at radius 1 is 1.29 bits per heavy atom. The Kier molecular flexibility index (Phi) is 6.42. The number of pyridine rings is 1. The van der Waals surface area contributed by atoms with Gasteiger partial charge in [-0.1, -0.05) is 0 Å². The van der Waals surface area contributed by atoms with Gasteiger partial charge in [-0.3, -0.25) is 0 Å². The number of aromatic nitrogens is 1. The van der Waals surface area contributed by atoms with Crippen LogP contribution in [-0.4, -0.2) is 35.8 Å². The predicted molar refractivity (Wildman–Crippen MR) is 97.8 cm³/mol. The maximum atomic E-state index is 13.1. The van der Waals surface area contributed by atoms with Gasteiger partial charge in [-0.2, -0.15) is 18.4 Å². The Bertz CT molecular complexity index is 745. The summed E-state index contributed by atoms with van der Waals surface area (Å²) < 4.78 is 44.7. The largest absolute Gasteiger partial charge is 0.444 e. The Morgan fingerprint density at radius 3 is 2.39 bits per heavy atom. The molecule has 154 valence electrons. The van der Waals surface area contributed by atoms with Crippen molar-refractivity contribution in [2.75, 3.05) is 11.9 Å². The summed E-state index contributed by atoms with van der Waals surface area (Å²) >= 11 is 0. The number of amides is 1. The summed E-state index contributed by atoms with van der Waals surface area (Å²) in [6.07, 6.45) is -0.997. The normalized spacial score (nSPS) is 20.2. The quantitative estimate of drug-likeness (QED) is 0.824. The van der Waals surface area contributed by atoms with E-state index in [1.54, 1.807) is 32.7 Å². The third-order valence-electron chi connectivity index (χ3n) is 4.66. The van der Waals surface area contributed by atoms with Crippen LogP contribution in [0, 0.1) is 11.3 Å². The van der Waals surface area contributed by atoms with Crippen LogP contribution < -0.4 is 10.2 Å². The van der Waals surface area contributed by atoms with E-state index in [-0.39, 0.29) is 12.1 Å². The third kappa shape index (κ3) is 5.75. The van der Waals surface area contributed by atoms with Gasteiger partial charge in [0.15, 0.2) is 5.69 Å². The van der Waals surface area contributed by atoms with Crippen LogP contribution in [0.2, 0.25) is 0 Å². The highest BCUT2D eigenvalue weighted by Gasteiger charge is 2.35. The molecule has 1 N–H and O–H groups in total. The smallest absolute Gasteiger partial charge is 0.419 e. The number of hydrogen-bond donors (Lipinski definition) is 1. The minimum Gasteiger partial charge on any atom is -0.444 e. The standard InChI is InChI=1S/C19H25F3N4O2/c1-18(2,3)28-17(27)25-12-5-7-13(8-6-12)26(4)14-9-15(19(20,21)22)16(10-23)24-11-14/h9,11-13H,5-8H2,1-4H3,(H,25,27). The molecule has 0 bridgehead atoms. The van der Waals surface area contributed by atoms with Gasteiger partial charge in [-0.05, 0) is 52.5 Å². The van der Waals surface area contributed by atoms with E-state index in [0.717, 1.165) is 6.07 Å². The monoisotopic (exact) mass is 398 g/mol. The van der Waals surface area contributed by atoms with Crippen LogP contribution in [0.4, 0.5) is 23.7 Å². The van der Waals surface area contributed by atoms with Crippen LogP contribution >= 0.6 is 0 Å². The number of alkyl carbamates (subject to hydrolysis) is 1. The fourth-order valence-corrected chi connectivity index (χ4v) is 3.24. The van der Waals surface area contributed by atoms with Crippen molar-refractivity contribution in [1.29, 1.82) is 5.26 Å². The van der Waals surface area contributed by atoms with Crippen LogP contribution in [0.3, 0.4) is 0 Å². The number of carbonyl (C=O) groups excluding carboxylic acids is 1. The molecule has 0 spiro atoms. The summed E-state index contributed by atoms with van der Waals surface area (Å²) in [5.41, 5.74) is -1.91. The first kappa shape index (κ1) is 21.8. The van der Waals surface area contributed by atoms with E-state index in [9.17, 15) is 18.0 Å². The SMILES string of the molecule is CN(c1cnc(C#N)c(C(F)(F)F)c1)C1CCC(NC(=O)OC(C)(C)C)CC1. The Morgan fingerprint density at radius 2 is 1.89 bits per heavy atom. The van der Waals surface area contributed by atoms with Crippen LogP contribution in [0.1, 0.15) is 57.7 Å². The van der Waals surface area contributed by atoms with Crippen molar-refractivity contribution in [3.8, 4) is 6.07 Å². The topological polar surface area (TPSA) is 78.3 Å². The lowest BCUT2D eigenvalue weighted by molar-refractivity contribution is -0.138. The number of alkyl halides is 3. The van der Waals surface area contributed by atoms with Gasteiger partial charge in [0.1, 0.15) is 11.7 Å². The zero-order valence-electron chi connectivity index (χ0n) is 16.4. The molecule has 1 aliphatic carbocycles. The van der Waals surface area contributed by atoms with Gasteiger partial charge < -0.3 is 15.0 Å². The minimum absolute atomic E-state index is 0.0208. The zero-order valence-corrected chi connectivity index (χ0v) is 16.4. The summed E-state index contributed by atoms with van der Waals surface area (Å²) in [4.78, 5) is 17.3. The summed E-state index contributed by atoms with van der Waals surface area (Å²) in [5.74, 6) is 0. The van der Waals surface area contributed by atoms with Crippen molar-refractivity contribution in [2.24, 2.45) is 0 Å². The molecule has 1 fully saturated rings. The summed E-state index contributed by atoms with van der Waals surface area (Å²) in [6, 6.07) is 2.45. The lowest BCUT2D eigenvalue weighted by Gasteiger charge is -2.36. The summed E-state index contributed by atoms with van der Waals surface area (Å²) in [6.45, 7) is 5.37. The first-order valence-electron chi connectivity index (χ1n) is 9.10. The molecule has 1 aliphatic rings. The van der Waals surface area contributed by atoms with Crippen molar-refractivity contribution < 1.29 is 22.7 Å². The molecule has 0 aromatic carbocycles. The number of nitrogens with zero attached hydrogens (tertiary/aromatic N) is 3. The van der Waals surface area contributed by atoms with Crippen molar-refractivity contribution in [3.05, 3.63) is 23.5 Å². The van der Waals surface area contributed by atoms with Gasteiger partial charge in [-0.15, -0.1) is 0 Å². The second-order valence-electron chi connectivity index (χ2n) is 7.96. The second-order valence-corrected chi connectivity index (χ2v) is 7.96. The average Bonchev–Trinajstić information content (AvgIpc) is 2.58. The highest BCUT2D eigenvalue weighted by molar-refractivity contribution is 5.68. The first-order chi connectivity index (χ1) is 12.9. The molecule has 1 amide bonds. The lowest BCUT2D eigenvalue weighted by atomic mass is 9.90. The molecule has 0 atom stereocenters. The number of carbonyl (C=O) groups is 1. The van der Waals surface area contributed by atoms with E-state index < -0.39 is 29.1 Å². The molecule has 0 saturated heterocycles. The van der Waals surface area contributed by atoms with E-state index in [0.29, 0.717) is 31.4 Å². The number of nitriles is 1. The van der Waals surface area contributed by atoms with Crippen molar-refractivity contribution in [2.45, 2.75) is 70.3 Å². The molecule has 1 heterocycles. The van der Waals surface area contributed by atoms with E-state index in [2.05, 4.69) is 10.3 Å². The Balaban J connectivity index is 2.00. The number of anilines is 1. The zero-order chi connectivity index (χ0) is 21.1. The number of rotatable bonds is 3. The average molecular weight is 398 g/mol. The van der Waals surface area contributed by atoms with Crippen molar-refractivity contribution >= 4 is 11.8 Å². The molecule has 2 rings (SSSR count). The second kappa shape index (κ2) is 8.25. The maximum absolute atomic E-state index is 13.1. The molecular formula is C19H25F3N4O2. The molecule has 1 saturated carbocycles. The van der Waals surface area contributed by atoms with Gasteiger partial charge in [0.2, 0.25) is 0 Å². The fourth-order valence-electron chi connectivity index (χ4n) is 3.24. The van der Waals surface area contributed by atoms with Crippen molar-refractivity contribution in [3.63, 3.8) is 0 Å². The molecule has 1 aromatic heterocycles. The van der Waals surface area contributed by atoms with Gasteiger partial charge >= 0.3 is 12.3 Å². The van der Waals surface area contributed by atoms with E-state index >= 15 is 0 Å². The molecule has 6 nitrogen and oxygen atoms in total. The fraction of sp³-hybridized carbons (Fsp3) is 0.632. The summed E-state index contributed by atoms with van der Waals surface area (Å²) in [5, 5.41) is 11.7. The Labute approximate surface area is 162 Å². The molecule has 0 aliphatic heterocycles. The number of ether oxygens (including phenoxy) is 1. The van der Waals surface area contributed by atoms with Crippen LogP contribution in [0.15, 0.2) is 12.3 Å². The number of halogens is 3. The van der Waals surface area contributed by atoms with Gasteiger partial charge in [0.25, 0.3) is 0 Å². The van der Waals surface area contributed by atoms with Gasteiger partial charge in [0.05, 0.1) is 17.4 Å². The van der Waals surface area contributed by atoms with Crippen LogP contribution in [0.5, 0.6) is 0 Å². The van der Waals surface area contributed by atoms with E-state index in [1.807, 2.05) is 0 Å². The van der Waals surface area contributed by atoms with Crippen molar-refractivity contribution in [1.82, 2.24) is 10.3 Å². The van der Waals surface area contributed by atoms with Crippen LogP contribution in [-0.2, 0) is 10.9 Å². The lowest BCUT2D eigenvalue weighted by Crippen LogP contribution is -2.44. The highest BCUT2D eigenvalue weighted by atomic mass is 19.4. The van der Waals surface area contributed by atoms with E-state index in [1.165, 1.54) is 12.3 Å². The predicted octanol–water partition coefficient (Wildman–Crippen LogP) is 4.24. The minimum atomic E-state index is -4.64. The summed E-state index contributed by atoms with van der Waals surface area (Å²) in [7, 11) is 1.72. The number of hydrogen-bond acceptors (Lipinski definition) is 5. The molecule has 28 heavy (non-hydrogen) atoms. The van der Waals surface area contributed by atoms with Gasteiger partial charge in [0, 0.05) is 19.1 Å². The van der Waals surface area contributed by atoms with E-state index in [4.69, 9.17) is 10.00 Å². The maximum Gasteiger partial charge on any atom is 0.419 e. The number of nitrogens with one attached hydrogen (secondary N) is 1. The van der Waals surface area contributed by atoms with Crippen LogP contribution in [0.25, 0.3) is 0 Å². The molecule has 9 heteroatoms. The molecule has 1 aromatic rings. The first-order valence-corrected chi connectivity index (χ1v) is 9.10. The third-order valence-corrected chi connectivity index (χ3v) is 4.66. The van der Waals surface area contributed by atoms with Gasteiger partial charge in [-0.25, -0.2) is 9.78 Å². The molecule has 0 radical (unpaired) electrons. The molecule has 0 unspecified atom stereocenters. The Hall–Kier alpha value is -2.50.